The second-order valence-electron chi connectivity index (χ2n) is 6.51. The van der Waals surface area contributed by atoms with Gasteiger partial charge in [-0.3, -0.25) is 24.8 Å². The lowest BCUT2D eigenvalue weighted by Crippen LogP contribution is -2.49. The molecule has 1 aliphatic rings. The van der Waals surface area contributed by atoms with Crippen LogP contribution in [0.1, 0.15) is 29.7 Å². The number of aldehydes is 1. The van der Waals surface area contributed by atoms with Crippen molar-refractivity contribution in [2.24, 2.45) is 5.73 Å². The molecule has 8 nitrogen and oxygen atoms in total. The predicted octanol–water partition coefficient (Wildman–Crippen LogP) is 3.19. The normalized spacial score (nSPS) is 15.4. The Morgan fingerprint density at radius 2 is 1.71 bits per heavy atom. The molecule has 2 aromatic rings. The van der Waals surface area contributed by atoms with E-state index in [1.807, 2.05) is 6.07 Å². The van der Waals surface area contributed by atoms with Gasteiger partial charge in [0.15, 0.2) is 0 Å². The van der Waals surface area contributed by atoms with E-state index in [9.17, 15) is 22.8 Å². The Morgan fingerprint density at radius 1 is 1.12 bits per heavy atom. The lowest BCUT2D eigenvalue weighted by atomic mass is 9.93. The average Bonchev–Trinajstić information content (AvgIpc) is 2.86. The first-order valence-electron chi connectivity index (χ1n) is 9.71. The SMILES string of the molecule is CC1=C(C=O)C(c2ccc(C#N)cc2)N(C=O)C(=N)N1c1cccc(C(F)(F)F)c1.CN.CO. The first-order chi connectivity index (χ1) is 16.2. The van der Waals surface area contributed by atoms with Crippen molar-refractivity contribution in [3.8, 4) is 6.07 Å². The van der Waals surface area contributed by atoms with Gasteiger partial charge in [-0.05, 0) is 49.9 Å². The molecule has 0 saturated heterocycles. The lowest BCUT2D eigenvalue weighted by molar-refractivity contribution is -0.137. The second-order valence-corrected chi connectivity index (χ2v) is 6.51. The number of nitriles is 1. The van der Waals surface area contributed by atoms with Crippen molar-refractivity contribution < 1.29 is 27.9 Å². The predicted molar refractivity (Wildman–Crippen MR) is 120 cm³/mol. The van der Waals surface area contributed by atoms with Gasteiger partial charge in [0, 0.05) is 24.1 Å². The number of amides is 1. The van der Waals surface area contributed by atoms with Crippen LogP contribution in [0.2, 0.25) is 0 Å². The van der Waals surface area contributed by atoms with Crippen molar-refractivity contribution in [2.75, 3.05) is 19.1 Å². The Hall–Kier alpha value is -4.01. The van der Waals surface area contributed by atoms with Crippen LogP contribution in [0, 0.1) is 16.7 Å². The highest BCUT2D eigenvalue weighted by Crippen LogP contribution is 2.39. The zero-order valence-corrected chi connectivity index (χ0v) is 18.7. The van der Waals surface area contributed by atoms with Gasteiger partial charge in [-0.15, -0.1) is 0 Å². The molecule has 1 unspecified atom stereocenters. The zero-order valence-electron chi connectivity index (χ0n) is 18.7. The third-order valence-corrected chi connectivity index (χ3v) is 4.81. The number of alkyl halides is 3. The zero-order chi connectivity index (χ0) is 26.1. The molecule has 0 fully saturated rings. The summed E-state index contributed by atoms with van der Waals surface area (Å²) in [5.41, 5.74) is 4.77. The fourth-order valence-electron chi connectivity index (χ4n) is 3.35. The number of halogens is 3. The minimum absolute atomic E-state index is 0.00296. The van der Waals surface area contributed by atoms with Crippen molar-refractivity contribution in [1.29, 1.82) is 10.7 Å². The Bertz CT molecular complexity index is 1090. The largest absolute Gasteiger partial charge is 0.416 e. The molecule has 1 atom stereocenters. The van der Waals surface area contributed by atoms with Crippen molar-refractivity contribution in [1.82, 2.24) is 4.90 Å². The van der Waals surface area contributed by atoms with Crippen LogP contribution in [-0.2, 0) is 15.8 Å². The van der Waals surface area contributed by atoms with Gasteiger partial charge in [0.25, 0.3) is 0 Å². The summed E-state index contributed by atoms with van der Waals surface area (Å²) in [5, 5.41) is 24.4. The number of hydrogen-bond donors (Lipinski definition) is 3. The molecule has 2 aromatic carbocycles. The highest BCUT2D eigenvalue weighted by Gasteiger charge is 2.38. The van der Waals surface area contributed by atoms with Gasteiger partial charge in [-0.25, -0.2) is 0 Å². The molecule has 4 N–H and O–H groups in total. The maximum absolute atomic E-state index is 13.1. The Kier molecular flexibility index (Phi) is 10.1. The molecule has 1 amide bonds. The number of nitrogens with two attached hydrogens (primary N) is 1. The number of carbonyl (C=O) groups is 2. The topological polar surface area (TPSA) is 135 Å². The number of aliphatic hydroxyl groups excluding tert-OH is 1. The van der Waals surface area contributed by atoms with Crippen LogP contribution < -0.4 is 10.6 Å². The number of guanidine groups is 1. The first kappa shape index (κ1) is 28.0. The van der Waals surface area contributed by atoms with E-state index in [-0.39, 0.29) is 17.0 Å². The van der Waals surface area contributed by atoms with E-state index in [1.54, 1.807) is 12.1 Å². The van der Waals surface area contributed by atoms with Crippen LogP contribution in [0.15, 0.2) is 59.8 Å². The monoisotopic (exact) mass is 475 g/mol. The van der Waals surface area contributed by atoms with E-state index in [0.29, 0.717) is 23.8 Å². The maximum atomic E-state index is 13.1. The molecule has 3 rings (SSSR count). The minimum Gasteiger partial charge on any atom is -0.400 e. The van der Waals surface area contributed by atoms with E-state index in [2.05, 4.69) is 5.73 Å². The molecule has 1 aliphatic heterocycles. The number of aliphatic hydroxyl groups is 1. The molecule has 0 radical (unpaired) electrons. The summed E-state index contributed by atoms with van der Waals surface area (Å²) in [6.07, 6.45) is -3.72. The number of rotatable bonds is 4. The van der Waals surface area contributed by atoms with Gasteiger partial charge in [-0.1, -0.05) is 18.2 Å². The summed E-state index contributed by atoms with van der Waals surface area (Å²) >= 11 is 0. The van der Waals surface area contributed by atoms with E-state index in [4.69, 9.17) is 15.8 Å². The number of carbonyl (C=O) groups excluding carboxylic acids is 2. The number of nitrogens with zero attached hydrogens (tertiary/aromatic N) is 3. The average molecular weight is 475 g/mol. The van der Waals surface area contributed by atoms with Crippen LogP contribution in [0.5, 0.6) is 0 Å². The summed E-state index contributed by atoms with van der Waals surface area (Å²) in [6.45, 7) is 1.50. The van der Waals surface area contributed by atoms with Crippen LogP contribution >= 0.6 is 0 Å². The number of allylic oxidation sites excluding steroid dienone is 1. The van der Waals surface area contributed by atoms with Crippen LogP contribution in [0.3, 0.4) is 0 Å². The first-order valence-corrected chi connectivity index (χ1v) is 9.71. The quantitative estimate of drug-likeness (QED) is 0.582. The van der Waals surface area contributed by atoms with E-state index >= 15 is 0 Å². The van der Waals surface area contributed by atoms with E-state index < -0.39 is 23.7 Å². The Balaban J connectivity index is 0.00000137. The summed E-state index contributed by atoms with van der Waals surface area (Å²) in [5.74, 6) is -0.401. The van der Waals surface area contributed by atoms with Gasteiger partial charge in [-0.2, -0.15) is 18.4 Å². The maximum Gasteiger partial charge on any atom is 0.416 e. The second kappa shape index (κ2) is 12.3. The van der Waals surface area contributed by atoms with Gasteiger partial charge in [0.05, 0.1) is 23.2 Å². The van der Waals surface area contributed by atoms with Crippen LogP contribution in [-0.4, -0.2) is 42.8 Å². The van der Waals surface area contributed by atoms with Crippen molar-refractivity contribution >= 4 is 24.3 Å². The molecule has 0 saturated carbocycles. The molecule has 1 heterocycles. The number of nitrogens with one attached hydrogen (secondary N) is 1. The highest BCUT2D eigenvalue weighted by atomic mass is 19.4. The van der Waals surface area contributed by atoms with E-state index in [0.717, 1.165) is 29.0 Å². The molecule has 0 aliphatic carbocycles. The lowest BCUT2D eigenvalue weighted by Gasteiger charge is -2.41. The van der Waals surface area contributed by atoms with Crippen LogP contribution in [0.4, 0.5) is 18.9 Å². The van der Waals surface area contributed by atoms with Crippen molar-refractivity contribution in [3.63, 3.8) is 0 Å². The summed E-state index contributed by atoms with van der Waals surface area (Å²) in [6, 6.07) is 11.5. The fourth-order valence-corrected chi connectivity index (χ4v) is 3.35. The fraction of sp³-hybridized carbons (Fsp3) is 0.217. The molecule has 0 aromatic heterocycles. The summed E-state index contributed by atoms with van der Waals surface area (Å²) in [7, 11) is 2.50. The number of anilines is 1. The van der Waals surface area contributed by atoms with Crippen molar-refractivity contribution in [3.05, 3.63) is 76.5 Å². The molecule has 0 bridgehead atoms. The minimum atomic E-state index is -4.59. The Labute approximate surface area is 194 Å². The molecule has 11 heteroatoms. The third kappa shape index (κ3) is 5.67. The van der Waals surface area contributed by atoms with E-state index in [1.165, 1.54) is 38.2 Å². The smallest absolute Gasteiger partial charge is 0.400 e. The van der Waals surface area contributed by atoms with Crippen molar-refractivity contribution in [2.45, 2.75) is 19.1 Å². The van der Waals surface area contributed by atoms with Gasteiger partial charge >= 0.3 is 6.18 Å². The summed E-state index contributed by atoms with van der Waals surface area (Å²) < 4.78 is 39.4. The van der Waals surface area contributed by atoms with Gasteiger partial charge in [0.1, 0.15) is 6.29 Å². The van der Waals surface area contributed by atoms with Gasteiger partial charge in [0.2, 0.25) is 12.4 Å². The molecule has 0 spiro atoms. The number of hydrogen-bond acceptors (Lipinski definition) is 6. The summed E-state index contributed by atoms with van der Waals surface area (Å²) in [4.78, 5) is 25.8. The third-order valence-electron chi connectivity index (χ3n) is 4.81. The highest BCUT2D eigenvalue weighted by molar-refractivity contribution is 6.06. The molecule has 34 heavy (non-hydrogen) atoms. The number of benzene rings is 2. The Morgan fingerprint density at radius 3 is 2.18 bits per heavy atom. The van der Waals surface area contributed by atoms with Gasteiger partial charge < -0.3 is 10.8 Å². The van der Waals surface area contributed by atoms with Crippen LogP contribution in [0.25, 0.3) is 0 Å². The standard InChI is InChI=1S/C21H15F3N4O2.CH5N.CH4O/c1-13-18(11-29)19(15-7-5-14(10-25)6-8-15)27(12-30)20(26)28(13)17-4-2-3-16(9-17)21(22,23)24;2*1-2/h2-9,11-12,19,26H,1H3;2H2,1H3;2H,1H3. The molecular formula is C23H24F3N5O3. The molecular weight excluding hydrogens is 451 g/mol. The molecule has 180 valence electrons.